The number of hydrogen-bond donors (Lipinski definition) is 2. The van der Waals surface area contributed by atoms with Crippen molar-refractivity contribution < 1.29 is 45.5 Å². The number of carbonyl (C=O) groups is 4. The molecule has 8 nitrogen and oxygen atoms in total. The minimum absolute atomic E-state index is 0.0620. The van der Waals surface area contributed by atoms with Gasteiger partial charge >= 0.3 is 12.4 Å². The fourth-order valence-electron chi connectivity index (χ4n) is 3.37. The molecule has 0 saturated carbocycles. The van der Waals surface area contributed by atoms with Gasteiger partial charge in [0.2, 0.25) is 0 Å². The first-order valence-corrected chi connectivity index (χ1v) is 15.5. The van der Waals surface area contributed by atoms with E-state index in [1.54, 1.807) is 22.9 Å². The smallest absolute Gasteiger partial charge is 0.297 e. The largest absolute Gasteiger partial charge is 0.455 e. The maximum atomic E-state index is 13.2. The van der Waals surface area contributed by atoms with Crippen LogP contribution in [0, 0.1) is 0 Å². The second-order valence-corrected chi connectivity index (χ2v) is 13.1. The lowest BCUT2D eigenvalue weighted by Crippen LogP contribution is -2.22. The first-order valence-electron chi connectivity index (χ1n) is 11.3. The lowest BCUT2D eigenvalue weighted by atomic mass is 10.2. The number of ketones is 2. The van der Waals surface area contributed by atoms with Gasteiger partial charge in [0.15, 0.2) is 10.3 Å². The van der Waals surface area contributed by atoms with Crippen LogP contribution in [-0.2, 0) is 0 Å². The van der Waals surface area contributed by atoms with Crippen LogP contribution < -0.4 is 10.6 Å². The van der Waals surface area contributed by atoms with E-state index < -0.39 is 45.5 Å². The molecule has 0 aliphatic heterocycles. The van der Waals surface area contributed by atoms with Gasteiger partial charge in [0.1, 0.15) is 21.1 Å². The van der Waals surface area contributed by atoms with E-state index in [1.165, 1.54) is 24.3 Å². The molecule has 0 aromatic carbocycles. The Labute approximate surface area is 255 Å². The van der Waals surface area contributed by atoms with E-state index in [9.17, 15) is 45.5 Å². The van der Waals surface area contributed by atoms with E-state index >= 15 is 0 Å². The number of thiophene rings is 3. The number of rotatable bonds is 8. The van der Waals surface area contributed by atoms with E-state index in [1.807, 2.05) is 0 Å². The van der Waals surface area contributed by atoms with Crippen molar-refractivity contribution in [2.24, 2.45) is 0 Å². The number of carbonyl (C=O) groups excluding carboxylic acids is 4. The molecule has 0 spiro atoms. The summed E-state index contributed by atoms with van der Waals surface area (Å²) in [6, 6.07) is 8.53. The Morgan fingerprint density at radius 2 is 1.00 bits per heavy atom. The average Bonchev–Trinajstić information content (AvgIpc) is 3.76. The van der Waals surface area contributed by atoms with Crippen LogP contribution in [0.5, 0.6) is 0 Å². The van der Waals surface area contributed by atoms with Gasteiger partial charge in [0.05, 0.1) is 19.5 Å². The molecular formula is C24H10F6N4O4S5. The molecule has 0 aliphatic rings. The van der Waals surface area contributed by atoms with Crippen LogP contribution in [0.3, 0.4) is 0 Å². The zero-order valence-electron chi connectivity index (χ0n) is 20.5. The van der Waals surface area contributed by atoms with Crippen LogP contribution in [0.1, 0.15) is 38.7 Å². The SMILES string of the molecule is O=C(Nc1nc(-c2cccs2)c(C(=O)C(F)(F)F)s1)c1ccc(C(=O)Nc2nc(-c3cccs3)c(C(=O)C(F)(F)F)s2)s1. The topological polar surface area (TPSA) is 118 Å². The molecule has 19 heteroatoms. The Hall–Kier alpha value is -3.78. The number of nitrogens with zero attached hydrogens (tertiary/aromatic N) is 2. The molecular weight excluding hydrogens is 683 g/mol. The van der Waals surface area contributed by atoms with Gasteiger partial charge in [-0.25, -0.2) is 9.97 Å². The van der Waals surface area contributed by atoms with E-state index in [2.05, 4.69) is 20.6 Å². The van der Waals surface area contributed by atoms with Crippen molar-refractivity contribution in [2.75, 3.05) is 10.6 Å². The number of alkyl halides is 6. The summed E-state index contributed by atoms with van der Waals surface area (Å²) in [5.74, 6) is -5.91. The highest BCUT2D eigenvalue weighted by Crippen LogP contribution is 2.39. The second-order valence-electron chi connectivity index (χ2n) is 8.07. The quantitative estimate of drug-likeness (QED) is 0.125. The van der Waals surface area contributed by atoms with Crippen molar-refractivity contribution in [2.45, 2.75) is 12.4 Å². The summed E-state index contributed by atoms with van der Waals surface area (Å²) in [5, 5.41) is 7.23. The predicted octanol–water partition coefficient (Wildman–Crippen LogP) is 8.11. The molecule has 5 heterocycles. The van der Waals surface area contributed by atoms with Crippen molar-refractivity contribution in [1.29, 1.82) is 0 Å². The van der Waals surface area contributed by atoms with E-state index in [-0.39, 0.29) is 41.2 Å². The molecule has 43 heavy (non-hydrogen) atoms. The van der Waals surface area contributed by atoms with Gasteiger partial charge in [-0.15, -0.1) is 34.0 Å². The Kier molecular flexibility index (Phi) is 8.36. The van der Waals surface area contributed by atoms with Gasteiger partial charge in [-0.3, -0.25) is 29.8 Å². The van der Waals surface area contributed by atoms with Gasteiger partial charge in [0, 0.05) is 0 Å². The molecule has 0 saturated heterocycles. The van der Waals surface area contributed by atoms with E-state index in [4.69, 9.17) is 0 Å². The van der Waals surface area contributed by atoms with Gasteiger partial charge in [0.25, 0.3) is 23.4 Å². The molecule has 5 rings (SSSR count). The summed E-state index contributed by atoms with van der Waals surface area (Å²) in [6.07, 6.45) is -10.3. The minimum atomic E-state index is -5.17. The molecule has 0 unspecified atom stereocenters. The number of hydrogen-bond acceptors (Lipinski definition) is 11. The molecule has 5 aromatic heterocycles. The second kappa shape index (κ2) is 11.7. The maximum Gasteiger partial charge on any atom is 0.455 e. The number of anilines is 2. The Balaban J connectivity index is 1.34. The van der Waals surface area contributed by atoms with Crippen molar-refractivity contribution in [1.82, 2.24) is 9.97 Å². The third kappa shape index (κ3) is 6.59. The Morgan fingerprint density at radius 1 is 0.605 bits per heavy atom. The summed E-state index contributed by atoms with van der Waals surface area (Å²) in [4.78, 5) is 56.6. The summed E-state index contributed by atoms with van der Waals surface area (Å²) >= 11 is 3.45. The lowest BCUT2D eigenvalue weighted by molar-refractivity contribution is -0.0885. The van der Waals surface area contributed by atoms with Crippen LogP contribution in [-0.4, -0.2) is 45.7 Å². The van der Waals surface area contributed by atoms with Crippen LogP contribution in [0.25, 0.3) is 21.1 Å². The van der Waals surface area contributed by atoms with Gasteiger partial charge in [-0.1, -0.05) is 34.8 Å². The highest BCUT2D eigenvalue weighted by Gasteiger charge is 2.43. The van der Waals surface area contributed by atoms with Crippen LogP contribution in [0.2, 0.25) is 0 Å². The standard InChI is InChI=1S/C24H10F6N4O4S5/c25-23(26,27)17(35)15-13(9-3-1-7-39-9)31-21(42-15)33-19(37)11-5-6-12(41-11)20(38)34-22-32-14(10-4-2-8-40-10)16(43-22)18(36)24(28,29)30/h1-8H,(H,31,33,37)(H,32,34,38). The average molecular weight is 693 g/mol. The van der Waals surface area contributed by atoms with Crippen molar-refractivity contribution in [3.63, 3.8) is 0 Å². The van der Waals surface area contributed by atoms with Crippen LogP contribution in [0.4, 0.5) is 36.6 Å². The molecule has 222 valence electrons. The maximum absolute atomic E-state index is 13.2. The third-order valence-electron chi connectivity index (χ3n) is 5.19. The highest BCUT2D eigenvalue weighted by atomic mass is 32.1. The van der Waals surface area contributed by atoms with Crippen LogP contribution in [0.15, 0.2) is 47.2 Å². The van der Waals surface area contributed by atoms with Gasteiger partial charge in [-0.2, -0.15) is 26.3 Å². The lowest BCUT2D eigenvalue weighted by Gasteiger charge is -2.03. The van der Waals surface area contributed by atoms with Crippen LogP contribution >= 0.6 is 56.7 Å². The first-order chi connectivity index (χ1) is 20.2. The summed E-state index contributed by atoms with van der Waals surface area (Å²) < 4.78 is 78.9. The normalized spacial score (nSPS) is 11.9. The molecule has 2 amide bonds. The summed E-state index contributed by atoms with van der Waals surface area (Å²) in [7, 11) is 0. The predicted molar refractivity (Wildman–Crippen MR) is 152 cm³/mol. The highest BCUT2D eigenvalue weighted by molar-refractivity contribution is 7.20. The van der Waals surface area contributed by atoms with Crippen molar-refractivity contribution in [3.05, 3.63) is 66.7 Å². The van der Waals surface area contributed by atoms with E-state index in [0.29, 0.717) is 34.0 Å². The third-order valence-corrected chi connectivity index (χ3v) is 9.96. The fraction of sp³-hybridized carbons (Fsp3) is 0.0833. The fourth-order valence-corrected chi connectivity index (χ4v) is 7.61. The molecule has 2 N–H and O–H groups in total. The monoisotopic (exact) mass is 692 g/mol. The zero-order valence-corrected chi connectivity index (χ0v) is 24.5. The van der Waals surface area contributed by atoms with Gasteiger partial charge < -0.3 is 0 Å². The number of amides is 2. The molecule has 0 fully saturated rings. The molecule has 0 aliphatic carbocycles. The Bertz CT molecular complexity index is 1700. The van der Waals surface area contributed by atoms with Gasteiger partial charge in [-0.05, 0) is 35.0 Å². The molecule has 0 atom stereocenters. The summed E-state index contributed by atoms with van der Waals surface area (Å²) in [6.45, 7) is 0. The molecule has 0 bridgehead atoms. The number of Topliss-reactive ketones (excluding diaryl/α,β-unsaturated/α-hetero) is 2. The number of thiazole rings is 2. The Morgan fingerprint density at radius 3 is 1.33 bits per heavy atom. The number of aromatic nitrogens is 2. The van der Waals surface area contributed by atoms with E-state index in [0.717, 1.165) is 22.7 Å². The van der Waals surface area contributed by atoms with Crippen molar-refractivity contribution in [3.8, 4) is 21.1 Å². The first kappa shape index (κ1) is 30.7. The minimum Gasteiger partial charge on any atom is -0.297 e. The zero-order chi connectivity index (χ0) is 31.1. The number of halogens is 6. The van der Waals surface area contributed by atoms with Crippen molar-refractivity contribution >= 4 is 90.3 Å². The number of nitrogens with one attached hydrogen (secondary N) is 2. The molecule has 0 radical (unpaired) electrons. The summed E-state index contributed by atoms with van der Waals surface area (Å²) in [5.41, 5.74) is -0.477. The molecule has 5 aromatic rings.